The Hall–Kier alpha value is -4.13. The molecule has 1 saturated heterocycles. The number of aromatic nitrogens is 4. The minimum Gasteiger partial charge on any atom is -0.507 e. The summed E-state index contributed by atoms with van der Waals surface area (Å²) in [6.45, 7) is 0.602. The fourth-order valence-electron chi connectivity index (χ4n) is 3.85. The van der Waals surface area contributed by atoms with Gasteiger partial charge in [0.2, 0.25) is 0 Å². The number of aliphatic hydroxyl groups is 1. The molecule has 3 aromatic heterocycles. The van der Waals surface area contributed by atoms with Gasteiger partial charge in [-0.25, -0.2) is 9.97 Å². The lowest BCUT2D eigenvalue weighted by Crippen LogP contribution is -2.29. The Kier molecular flexibility index (Phi) is 5.12. The lowest BCUT2D eigenvalue weighted by Gasteiger charge is -2.17. The second-order valence-electron chi connectivity index (χ2n) is 7.74. The average molecular weight is 474 g/mol. The topological polar surface area (TPSA) is 129 Å². The number of carbonyl (C=O) groups excluding carboxylic acids is 1. The summed E-state index contributed by atoms with van der Waals surface area (Å²) < 4.78 is 45.7. The third kappa shape index (κ3) is 3.79. The molecule has 4 aromatic rings. The molecule has 0 saturated carbocycles. The molecule has 4 heterocycles. The second-order valence-corrected chi connectivity index (χ2v) is 7.74. The van der Waals surface area contributed by atoms with E-state index in [1.54, 1.807) is 6.07 Å². The smallest absolute Gasteiger partial charge is 0.437 e. The van der Waals surface area contributed by atoms with Gasteiger partial charge in [0.05, 0.1) is 29.1 Å². The number of amides is 1. The van der Waals surface area contributed by atoms with Gasteiger partial charge in [-0.2, -0.15) is 13.2 Å². The first kappa shape index (κ1) is 21.7. The number of likely N-dealkylation sites (tertiary alicyclic amines) is 1. The van der Waals surface area contributed by atoms with Crippen LogP contribution in [0.1, 0.15) is 22.5 Å². The van der Waals surface area contributed by atoms with Crippen LogP contribution in [0.5, 0.6) is 5.75 Å². The van der Waals surface area contributed by atoms with Gasteiger partial charge in [-0.05, 0) is 18.6 Å². The van der Waals surface area contributed by atoms with Gasteiger partial charge in [0.25, 0.3) is 5.91 Å². The van der Waals surface area contributed by atoms with Crippen LogP contribution in [0.2, 0.25) is 0 Å². The average Bonchev–Trinajstić information content (AvgIpc) is 3.52. The maximum Gasteiger partial charge on any atom is 0.437 e. The largest absolute Gasteiger partial charge is 0.507 e. The zero-order valence-electron chi connectivity index (χ0n) is 17.3. The van der Waals surface area contributed by atoms with E-state index >= 15 is 0 Å². The van der Waals surface area contributed by atoms with Gasteiger partial charge in [-0.15, -0.1) is 0 Å². The summed E-state index contributed by atoms with van der Waals surface area (Å²) in [6.07, 6.45) is 0.152. The van der Waals surface area contributed by atoms with Crippen LogP contribution in [0, 0.1) is 0 Å². The standard InChI is InChI=1S/C21H17F3N6O4/c22-21(23,24)17-14(10-34-28-17)15-8-26-19-18(25-4-6-30(15)19)27-11-1-2-13(16(32)7-11)20(33)29-5-3-12(31)9-29/h1-2,4,6-8,10,12,31-32H,3,5,9H2,(H,25,27)/t12-/m1/s1. The Morgan fingerprint density at radius 1 is 1.26 bits per heavy atom. The quantitative estimate of drug-likeness (QED) is 0.412. The predicted octanol–water partition coefficient (Wildman–Crippen LogP) is 3.06. The van der Waals surface area contributed by atoms with Crippen molar-refractivity contribution < 1.29 is 32.7 Å². The molecule has 1 aromatic carbocycles. The van der Waals surface area contributed by atoms with Crippen LogP contribution in [-0.4, -0.2) is 59.7 Å². The summed E-state index contributed by atoms with van der Waals surface area (Å²) in [4.78, 5) is 22.4. The Labute approximate surface area is 189 Å². The molecule has 5 rings (SSSR count). The summed E-state index contributed by atoms with van der Waals surface area (Å²) in [5.41, 5.74) is -0.660. The number of nitrogens with zero attached hydrogens (tertiary/aromatic N) is 5. The first-order chi connectivity index (χ1) is 16.2. The van der Waals surface area contributed by atoms with Gasteiger partial charge >= 0.3 is 6.18 Å². The minimum absolute atomic E-state index is 0.0843. The molecule has 176 valence electrons. The van der Waals surface area contributed by atoms with Crippen LogP contribution < -0.4 is 5.32 Å². The Morgan fingerprint density at radius 2 is 2.09 bits per heavy atom. The first-order valence-corrected chi connectivity index (χ1v) is 10.1. The number of carbonyl (C=O) groups is 1. The molecule has 1 aliphatic heterocycles. The van der Waals surface area contributed by atoms with Crippen LogP contribution >= 0.6 is 0 Å². The number of anilines is 2. The summed E-state index contributed by atoms with van der Waals surface area (Å²) in [6, 6.07) is 4.32. The summed E-state index contributed by atoms with van der Waals surface area (Å²) in [5, 5.41) is 26.0. The van der Waals surface area contributed by atoms with E-state index in [0.717, 1.165) is 6.26 Å². The maximum absolute atomic E-state index is 13.2. The van der Waals surface area contributed by atoms with Crippen LogP contribution in [0.4, 0.5) is 24.7 Å². The molecule has 3 N–H and O–H groups in total. The monoisotopic (exact) mass is 474 g/mol. The van der Waals surface area contributed by atoms with E-state index < -0.39 is 23.9 Å². The van der Waals surface area contributed by atoms with Crippen molar-refractivity contribution >= 4 is 23.1 Å². The van der Waals surface area contributed by atoms with Crippen molar-refractivity contribution in [1.82, 2.24) is 24.4 Å². The molecule has 0 unspecified atom stereocenters. The number of hydrogen-bond donors (Lipinski definition) is 3. The van der Waals surface area contributed by atoms with Crippen molar-refractivity contribution in [3.8, 4) is 17.0 Å². The molecule has 1 aliphatic rings. The molecular weight excluding hydrogens is 457 g/mol. The molecule has 13 heteroatoms. The lowest BCUT2D eigenvalue weighted by atomic mass is 10.1. The van der Waals surface area contributed by atoms with E-state index in [1.165, 1.54) is 40.0 Å². The third-order valence-electron chi connectivity index (χ3n) is 5.48. The Bertz CT molecular complexity index is 1380. The first-order valence-electron chi connectivity index (χ1n) is 10.1. The fraction of sp³-hybridized carbons (Fsp3) is 0.238. The van der Waals surface area contributed by atoms with Gasteiger partial charge in [0.15, 0.2) is 17.2 Å². The highest BCUT2D eigenvalue weighted by Gasteiger charge is 2.38. The number of rotatable bonds is 4. The molecule has 0 spiro atoms. The van der Waals surface area contributed by atoms with Crippen molar-refractivity contribution in [2.75, 3.05) is 18.4 Å². The molecule has 10 nitrogen and oxygen atoms in total. The number of halogens is 3. The van der Waals surface area contributed by atoms with E-state index in [1.807, 2.05) is 0 Å². The van der Waals surface area contributed by atoms with E-state index in [4.69, 9.17) is 0 Å². The number of nitrogens with one attached hydrogen (secondary N) is 1. The number of aliphatic hydroxyl groups excluding tert-OH is 1. The molecular formula is C21H17F3N6O4. The van der Waals surface area contributed by atoms with Crippen molar-refractivity contribution in [3.63, 3.8) is 0 Å². The highest BCUT2D eigenvalue weighted by Crippen LogP contribution is 2.37. The van der Waals surface area contributed by atoms with Gasteiger partial charge < -0.3 is 25.0 Å². The highest BCUT2D eigenvalue weighted by atomic mass is 19.4. The molecule has 0 bridgehead atoms. The number of imidazole rings is 1. The molecule has 1 atom stereocenters. The Morgan fingerprint density at radius 3 is 2.79 bits per heavy atom. The van der Waals surface area contributed by atoms with Gasteiger partial charge in [0, 0.05) is 37.2 Å². The molecule has 1 amide bonds. The third-order valence-corrected chi connectivity index (χ3v) is 5.48. The van der Waals surface area contributed by atoms with Gasteiger partial charge in [-0.3, -0.25) is 9.20 Å². The Balaban J connectivity index is 1.44. The number of aromatic hydroxyl groups is 1. The molecule has 34 heavy (non-hydrogen) atoms. The van der Waals surface area contributed by atoms with Crippen molar-refractivity contribution in [3.05, 3.63) is 54.3 Å². The summed E-state index contributed by atoms with van der Waals surface area (Å²) in [7, 11) is 0. The van der Waals surface area contributed by atoms with Crippen molar-refractivity contribution in [1.29, 1.82) is 0 Å². The normalized spacial score (nSPS) is 16.4. The van der Waals surface area contributed by atoms with Gasteiger partial charge in [-0.1, -0.05) is 5.16 Å². The van der Waals surface area contributed by atoms with E-state index in [-0.39, 0.29) is 40.6 Å². The number of fused-ring (bicyclic) bond motifs is 1. The van der Waals surface area contributed by atoms with Crippen molar-refractivity contribution in [2.24, 2.45) is 0 Å². The van der Waals surface area contributed by atoms with Crippen LogP contribution in [0.3, 0.4) is 0 Å². The van der Waals surface area contributed by atoms with Crippen LogP contribution in [0.15, 0.2) is 47.6 Å². The van der Waals surface area contributed by atoms with E-state index in [0.29, 0.717) is 18.7 Å². The SMILES string of the molecule is O=C(c1ccc(Nc2nccn3c(-c4conc4C(F)(F)F)cnc23)cc1O)N1CC[C@@H](O)C1. The number of phenols is 1. The molecule has 1 fully saturated rings. The molecule has 0 radical (unpaired) electrons. The fourth-order valence-corrected chi connectivity index (χ4v) is 3.85. The highest BCUT2D eigenvalue weighted by molar-refractivity contribution is 5.97. The van der Waals surface area contributed by atoms with Crippen LogP contribution in [-0.2, 0) is 6.18 Å². The second kappa shape index (κ2) is 8.02. The zero-order chi connectivity index (χ0) is 24.0. The number of hydrogen-bond acceptors (Lipinski definition) is 8. The minimum atomic E-state index is -4.70. The van der Waals surface area contributed by atoms with Crippen LogP contribution in [0.25, 0.3) is 16.9 Å². The predicted molar refractivity (Wildman–Crippen MR) is 111 cm³/mol. The lowest BCUT2D eigenvalue weighted by molar-refractivity contribution is -0.142. The maximum atomic E-state index is 13.2. The van der Waals surface area contributed by atoms with E-state index in [9.17, 15) is 28.2 Å². The number of alkyl halides is 3. The zero-order valence-corrected chi connectivity index (χ0v) is 17.3. The van der Waals surface area contributed by atoms with E-state index in [2.05, 4.69) is 25.0 Å². The van der Waals surface area contributed by atoms with Crippen molar-refractivity contribution in [2.45, 2.75) is 18.7 Å². The van der Waals surface area contributed by atoms with Gasteiger partial charge in [0.1, 0.15) is 12.0 Å². The summed E-state index contributed by atoms with van der Waals surface area (Å²) in [5.74, 6) is -0.459. The number of benzene rings is 1. The number of phenolic OH excluding ortho intramolecular Hbond substituents is 1. The summed E-state index contributed by atoms with van der Waals surface area (Å²) >= 11 is 0. The number of β-amino-alcohol motifs (C(OH)–C–C–N with tert-alkyl or cyclic N) is 1. The molecule has 0 aliphatic carbocycles.